The zero-order valence-corrected chi connectivity index (χ0v) is 18.4. The van der Waals surface area contributed by atoms with Gasteiger partial charge in [-0.05, 0) is 49.1 Å². The second-order valence-corrected chi connectivity index (χ2v) is 9.31. The highest BCUT2D eigenvalue weighted by Crippen LogP contribution is 2.43. The largest absolute Gasteiger partial charge is 0.482 e. The molecule has 2 saturated heterocycles. The smallest absolute Gasteiger partial charge is 0.227 e. The molecule has 0 aromatic heterocycles. The van der Waals surface area contributed by atoms with Gasteiger partial charge in [-0.1, -0.05) is 23.2 Å². The molecule has 1 N–H and O–H groups in total. The van der Waals surface area contributed by atoms with E-state index >= 15 is 0 Å². The Morgan fingerprint density at radius 2 is 2.00 bits per heavy atom. The minimum atomic E-state index is -0.490. The summed E-state index contributed by atoms with van der Waals surface area (Å²) < 4.78 is 21.1. The lowest BCUT2D eigenvalue weighted by atomic mass is 10.1. The normalized spacial score (nSPS) is 26.0. The first-order valence-electron chi connectivity index (χ1n) is 10.6. The summed E-state index contributed by atoms with van der Waals surface area (Å²) in [5, 5.41) is 10.8. The number of aliphatic hydroxyl groups excluding tert-OH is 1. The zero-order chi connectivity index (χ0) is 21.7. The van der Waals surface area contributed by atoms with Crippen LogP contribution in [0.3, 0.4) is 0 Å². The molecule has 5 rings (SSSR count). The maximum Gasteiger partial charge on any atom is 0.227 e. The Balaban J connectivity index is 1.51. The van der Waals surface area contributed by atoms with Gasteiger partial charge in [0.15, 0.2) is 0 Å². The summed E-state index contributed by atoms with van der Waals surface area (Å²) in [4.78, 5) is 16.1. The highest BCUT2D eigenvalue weighted by atomic mass is 35.5. The van der Waals surface area contributed by atoms with Crippen molar-refractivity contribution in [3.63, 3.8) is 0 Å². The van der Waals surface area contributed by atoms with Crippen molar-refractivity contribution in [1.29, 1.82) is 0 Å². The molecular weight excluding hydrogens is 442 g/mol. The molecule has 0 radical (unpaired) electrons. The number of carbonyl (C=O) groups excluding carboxylic acids is 1. The quantitative estimate of drug-likeness (QED) is 0.729. The van der Waals surface area contributed by atoms with Crippen LogP contribution in [0, 0.1) is 5.82 Å². The molecule has 2 heterocycles. The van der Waals surface area contributed by atoms with Gasteiger partial charge < -0.3 is 14.7 Å². The average Bonchev–Trinajstić information content (AvgIpc) is 3.43. The number of ether oxygens (including phenoxy) is 1. The van der Waals surface area contributed by atoms with Gasteiger partial charge in [0.25, 0.3) is 0 Å². The first-order valence-corrected chi connectivity index (χ1v) is 11.3. The molecule has 0 bridgehead atoms. The number of hydrogen-bond acceptors (Lipinski definition) is 4. The molecule has 2 aliphatic heterocycles. The third kappa shape index (κ3) is 3.91. The van der Waals surface area contributed by atoms with E-state index in [4.69, 9.17) is 27.9 Å². The molecule has 2 aromatic carbocycles. The molecule has 1 amide bonds. The number of carbonyl (C=O) groups is 1. The maximum atomic E-state index is 14.7. The summed E-state index contributed by atoms with van der Waals surface area (Å²) in [5.74, 6) is 0.181. The number of aliphatic hydroxyl groups is 1. The van der Waals surface area contributed by atoms with Gasteiger partial charge >= 0.3 is 0 Å². The van der Waals surface area contributed by atoms with Crippen molar-refractivity contribution in [2.24, 2.45) is 0 Å². The molecular formula is C23H23Cl2FN2O3. The van der Waals surface area contributed by atoms with Crippen LogP contribution >= 0.6 is 23.2 Å². The molecule has 31 heavy (non-hydrogen) atoms. The number of amides is 1. The predicted molar refractivity (Wildman–Crippen MR) is 118 cm³/mol. The Morgan fingerprint density at radius 3 is 2.71 bits per heavy atom. The van der Waals surface area contributed by atoms with Crippen LogP contribution in [-0.2, 0) is 11.2 Å². The average molecular weight is 465 g/mol. The van der Waals surface area contributed by atoms with Gasteiger partial charge in [0, 0.05) is 48.4 Å². The second-order valence-electron chi connectivity index (χ2n) is 8.47. The fourth-order valence-electron chi connectivity index (χ4n) is 4.96. The van der Waals surface area contributed by atoms with E-state index in [1.807, 2.05) is 6.07 Å². The van der Waals surface area contributed by atoms with Crippen molar-refractivity contribution >= 4 is 34.8 Å². The molecule has 1 unspecified atom stereocenters. The maximum absolute atomic E-state index is 14.7. The molecule has 3 atom stereocenters. The summed E-state index contributed by atoms with van der Waals surface area (Å²) in [6.45, 7) is 1.90. The van der Waals surface area contributed by atoms with Gasteiger partial charge in [0.1, 0.15) is 17.7 Å². The monoisotopic (exact) mass is 464 g/mol. The Bertz CT molecular complexity index is 1030. The number of halogens is 3. The number of rotatable bonds is 4. The molecule has 5 nitrogen and oxygen atoms in total. The number of hydrogen-bond donors (Lipinski definition) is 1. The van der Waals surface area contributed by atoms with Crippen molar-refractivity contribution in [3.05, 3.63) is 57.3 Å². The van der Waals surface area contributed by atoms with E-state index in [2.05, 4.69) is 4.90 Å². The Morgan fingerprint density at radius 1 is 1.16 bits per heavy atom. The van der Waals surface area contributed by atoms with Gasteiger partial charge in [-0.2, -0.15) is 0 Å². The zero-order valence-electron chi connectivity index (χ0n) is 16.9. The predicted octanol–water partition coefficient (Wildman–Crippen LogP) is 4.37. The van der Waals surface area contributed by atoms with Crippen molar-refractivity contribution < 1.29 is 19.0 Å². The number of anilines is 1. The van der Waals surface area contributed by atoms with Crippen LogP contribution in [0.5, 0.6) is 5.75 Å². The minimum absolute atomic E-state index is 0.0808. The van der Waals surface area contributed by atoms with Crippen LogP contribution in [0.2, 0.25) is 10.0 Å². The van der Waals surface area contributed by atoms with Crippen LogP contribution in [0.25, 0.3) is 0 Å². The number of benzene rings is 2. The second kappa shape index (κ2) is 8.24. The molecule has 3 aliphatic rings. The highest BCUT2D eigenvalue weighted by molar-refractivity contribution is 6.32. The van der Waals surface area contributed by atoms with E-state index in [-0.39, 0.29) is 17.8 Å². The van der Waals surface area contributed by atoms with E-state index in [9.17, 15) is 14.3 Å². The SMILES string of the molecule is O=C1CCCN1c1ccc(Cl)c(O[C@H]2c3cc(Cl)cc(F)c3C[C@@H]2N2CCC(O)C2)c1. The highest BCUT2D eigenvalue weighted by Gasteiger charge is 2.42. The van der Waals surface area contributed by atoms with Crippen molar-refractivity contribution in [3.8, 4) is 5.75 Å². The molecule has 1 aliphatic carbocycles. The van der Waals surface area contributed by atoms with Crippen molar-refractivity contribution in [2.45, 2.75) is 43.9 Å². The van der Waals surface area contributed by atoms with E-state index in [0.717, 1.165) is 12.1 Å². The molecule has 2 aromatic rings. The molecule has 0 saturated carbocycles. The van der Waals surface area contributed by atoms with Gasteiger partial charge in [0.05, 0.1) is 17.2 Å². The first-order chi connectivity index (χ1) is 14.9. The molecule has 164 valence electrons. The number of nitrogens with zero attached hydrogens (tertiary/aromatic N) is 2. The summed E-state index contributed by atoms with van der Waals surface area (Å²) in [5.41, 5.74) is 2.03. The van der Waals surface area contributed by atoms with E-state index in [1.54, 1.807) is 23.1 Å². The Hall–Kier alpha value is -1.86. The fraction of sp³-hybridized carbons (Fsp3) is 0.435. The van der Waals surface area contributed by atoms with Crippen LogP contribution < -0.4 is 9.64 Å². The summed E-state index contributed by atoms with van der Waals surface area (Å²) in [6, 6.07) is 8.24. The van der Waals surface area contributed by atoms with Crippen LogP contribution in [-0.4, -0.2) is 47.7 Å². The van der Waals surface area contributed by atoms with E-state index < -0.39 is 12.2 Å². The van der Waals surface area contributed by atoms with Crippen LogP contribution in [0.4, 0.5) is 10.1 Å². The van der Waals surface area contributed by atoms with E-state index in [0.29, 0.717) is 65.8 Å². The Kier molecular flexibility index (Phi) is 5.59. The van der Waals surface area contributed by atoms with Gasteiger partial charge in [-0.25, -0.2) is 4.39 Å². The molecule has 8 heteroatoms. The van der Waals surface area contributed by atoms with E-state index in [1.165, 1.54) is 6.07 Å². The van der Waals surface area contributed by atoms with Gasteiger partial charge in [-0.3, -0.25) is 9.69 Å². The lowest BCUT2D eigenvalue weighted by Gasteiger charge is -2.30. The number of β-amino-alcohol motifs (C(OH)–C–C–N with tert-alkyl or cyclic N) is 1. The van der Waals surface area contributed by atoms with Crippen molar-refractivity contribution in [2.75, 3.05) is 24.5 Å². The lowest BCUT2D eigenvalue weighted by Crippen LogP contribution is -2.39. The molecule has 0 spiro atoms. The third-order valence-electron chi connectivity index (χ3n) is 6.48. The number of fused-ring (bicyclic) bond motifs is 1. The summed E-state index contributed by atoms with van der Waals surface area (Å²) in [7, 11) is 0. The number of likely N-dealkylation sites (tertiary alicyclic amines) is 1. The first kappa shape index (κ1) is 21.0. The van der Waals surface area contributed by atoms with Crippen molar-refractivity contribution in [1.82, 2.24) is 4.90 Å². The molecule has 2 fully saturated rings. The van der Waals surface area contributed by atoms with Crippen LogP contribution in [0.1, 0.15) is 36.5 Å². The summed E-state index contributed by atoms with van der Waals surface area (Å²) >= 11 is 12.6. The van der Waals surface area contributed by atoms with Crippen LogP contribution in [0.15, 0.2) is 30.3 Å². The third-order valence-corrected chi connectivity index (χ3v) is 7.01. The standard InChI is InChI=1S/C23H23Cl2FN2O3/c24-13-8-17-16(19(26)9-13)11-20(27-7-5-15(29)12-27)23(17)31-21-10-14(3-4-18(21)25)28-6-1-2-22(28)30/h3-4,8-10,15,20,23,29H,1-2,5-7,11-12H2/t15?,20-,23-/m0/s1. The Labute approximate surface area is 190 Å². The topological polar surface area (TPSA) is 53.0 Å². The fourth-order valence-corrected chi connectivity index (χ4v) is 5.33. The lowest BCUT2D eigenvalue weighted by molar-refractivity contribution is -0.117. The minimum Gasteiger partial charge on any atom is -0.482 e. The summed E-state index contributed by atoms with van der Waals surface area (Å²) in [6.07, 6.45) is 1.62. The van der Waals surface area contributed by atoms with Gasteiger partial charge in [-0.15, -0.1) is 0 Å². The van der Waals surface area contributed by atoms with Gasteiger partial charge in [0.2, 0.25) is 5.91 Å².